The van der Waals surface area contributed by atoms with Crippen molar-refractivity contribution >= 4 is 11.8 Å². The van der Waals surface area contributed by atoms with Gasteiger partial charge in [0.2, 0.25) is 0 Å². The maximum Gasteiger partial charge on any atom is 0.336 e. The van der Waals surface area contributed by atoms with Gasteiger partial charge in [-0.25, -0.2) is 4.79 Å². The van der Waals surface area contributed by atoms with Crippen LogP contribution in [0.2, 0.25) is 0 Å². The van der Waals surface area contributed by atoms with E-state index in [9.17, 15) is 14.7 Å². The zero-order chi connectivity index (χ0) is 24.4. The number of ketones is 1. The van der Waals surface area contributed by atoms with E-state index >= 15 is 0 Å². The van der Waals surface area contributed by atoms with Crippen LogP contribution in [0.25, 0.3) is 0 Å². The maximum atomic E-state index is 13.6. The van der Waals surface area contributed by atoms with Gasteiger partial charge in [0, 0.05) is 29.3 Å². The summed E-state index contributed by atoms with van der Waals surface area (Å²) in [6, 6.07) is 12.3. The van der Waals surface area contributed by atoms with Crippen molar-refractivity contribution in [1.29, 1.82) is 0 Å². The van der Waals surface area contributed by atoms with Crippen LogP contribution >= 0.6 is 0 Å². The van der Waals surface area contributed by atoms with E-state index < -0.39 is 11.9 Å². The number of carbonyl (C=O) groups excluding carboxylic acids is 2. The Labute approximate surface area is 199 Å². The number of benzene rings is 2. The largest absolute Gasteiger partial charge is 0.508 e. The molecule has 2 aromatic carbocycles. The van der Waals surface area contributed by atoms with E-state index in [0.717, 1.165) is 16.8 Å². The fourth-order valence-electron chi connectivity index (χ4n) is 4.86. The van der Waals surface area contributed by atoms with Crippen LogP contribution in [0.5, 0.6) is 17.2 Å². The van der Waals surface area contributed by atoms with Gasteiger partial charge in [-0.15, -0.1) is 0 Å². The lowest BCUT2D eigenvalue weighted by atomic mass is 9.71. The summed E-state index contributed by atoms with van der Waals surface area (Å²) in [6.45, 7) is 3.82. The molecule has 1 aliphatic heterocycles. The van der Waals surface area contributed by atoms with Crippen LogP contribution in [-0.2, 0) is 14.3 Å². The quantitative estimate of drug-likeness (QED) is 0.616. The summed E-state index contributed by atoms with van der Waals surface area (Å²) >= 11 is 0. The number of nitrogens with one attached hydrogen (secondary N) is 1. The normalized spacial score (nSPS) is 19.9. The van der Waals surface area contributed by atoms with Crippen LogP contribution in [0.4, 0.5) is 0 Å². The van der Waals surface area contributed by atoms with Gasteiger partial charge in [-0.05, 0) is 61.6 Å². The van der Waals surface area contributed by atoms with Crippen molar-refractivity contribution in [3.8, 4) is 17.2 Å². The van der Waals surface area contributed by atoms with Crippen molar-refractivity contribution in [2.24, 2.45) is 0 Å². The number of allylic oxidation sites excluding steroid dienone is 3. The Morgan fingerprint density at radius 3 is 2.35 bits per heavy atom. The predicted octanol–water partition coefficient (Wildman–Crippen LogP) is 4.33. The predicted molar refractivity (Wildman–Crippen MR) is 127 cm³/mol. The highest BCUT2D eigenvalue weighted by Crippen LogP contribution is 2.46. The summed E-state index contributed by atoms with van der Waals surface area (Å²) in [4.78, 5) is 26.5. The molecule has 34 heavy (non-hydrogen) atoms. The standard InChI is InChI=1S/C27H29NO6/c1-5-34-27(31)24-15(2)28-20-12-18(17-8-11-22(32-3)23(14-17)33-4)13-21(30)26(20)25(24)16-6-9-19(29)10-7-16/h6-11,14,18,25,28-29H,5,12-13H2,1-4H3/t18-,25-/m0/s1. The molecule has 7 heteroatoms. The number of hydrogen-bond donors (Lipinski definition) is 2. The van der Waals surface area contributed by atoms with Gasteiger partial charge >= 0.3 is 5.97 Å². The van der Waals surface area contributed by atoms with Crippen LogP contribution in [0.15, 0.2) is 65.0 Å². The molecule has 2 aliphatic rings. The molecule has 4 rings (SSSR count). The zero-order valence-electron chi connectivity index (χ0n) is 19.8. The second kappa shape index (κ2) is 9.63. The van der Waals surface area contributed by atoms with Gasteiger partial charge in [-0.3, -0.25) is 4.79 Å². The number of carbonyl (C=O) groups is 2. The van der Waals surface area contributed by atoms with Crippen LogP contribution < -0.4 is 14.8 Å². The second-order valence-corrected chi connectivity index (χ2v) is 8.44. The lowest BCUT2D eigenvalue weighted by Gasteiger charge is -2.36. The van der Waals surface area contributed by atoms with Gasteiger partial charge in [-0.2, -0.15) is 0 Å². The van der Waals surface area contributed by atoms with E-state index in [0.29, 0.717) is 41.2 Å². The molecule has 7 nitrogen and oxygen atoms in total. The molecule has 2 atom stereocenters. The summed E-state index contributed by atoms with van der Waals surface area (Å²) in [5, 5.41) is 13.1. The highest BCUT2D eigenvalue weighted by Gasteiger charge is 2.41. The first-order valence-corrected chi connectivity index (χ1v) is 11.3. The first-order valence-electron chi connectivity index (χ1n) is 11.3. The average molecular weight is 464 g/mol. The van der Waals surface area contributed by atoms with E-state index in [4.69, 9.17) is 14.2 Å². The Kier molecular flexibility index (Phi) is 6.63. The molecule has 0 saturated heterocycles. The summed E-state index contributed by atoms with van der Waals surface area (Å²) in [7, 11) is 3.18. The first kappa shape index (κ1) is 23.4. The lowest BCUT2D eigenvalue weighted by molar-refractivity contribution is -0.138. The van der Waals surface area contributed by atoms with Crippen molar-refractivity contribution in [2.45, 2.75) is 38.5 Å². The minimum absolute atomic E-state index is 0.0269. The molecule has 2 aromatic rings. The second-order valence-electron chi connectivity index (χ2n) is 8.44. The Morgan fingerprint density at radius 1 is 1.03 bits per heavy atom. The van der Waals surface area contributed by atoms with Crippen molar-refractivity contribution in [3.05, 3.63) is 76.1 Å². The molecule has 1 heterocycles. The molecule has 1 aliphatic carbocycles. The average Bonchev–Trinajstić information content (AvgIpc) is 2.83. The third-order valence-electron chi connectivity index (χ3n) is 6.43. The molecule has 0 spiro atoms. The summed E-state index contributed by atoms with van der Waals surface area (Å²) in [6.07, 6.45) is 0.915. The fourth-order valence-corrected chi connectivity index (χ4v) is 4.86. The minimum atomic E-state index is -0.560. The number of phenols is 1. The highest BCUT2D eigenvalue weighted by atomic mass is 16.5. The van der Waals surface area contributed by atoms with E-state index in [2.05, 4.69) is 5.32 Å². The summed E-state index contributed by atoms with van der Waals surface area (Å²) in [5.41, 5.74) is 4.21. The van der Waals surface area contributed by atoms with Gasteiger partial charge in [-0.1, -0.05) is 18.2 Å². The molecule has 0 amide bonds. The van der Waals surface area contributed by atoms with Gasteiger partial charge in [0.05, 0.1) is 26.4 Å². The molecular weight excluding hydrogens is 434 g/mol. The van der Waals surface area contributed by atoms with E-state index in [1.807, 2.05) is 25.1 Å². The van der Waals surface area contributed by atoms with Gasteiger partial charge in [0.15, 0.2) is 17.3 Å². The van der Waals surface area contributed by atoms with Crippen molar-refractivity contribution in [1.82, 2.24) is 5.32 Å². The Balaban J connectivity index is 1.77. The van der Waals surface area contributed by atoms with Gasteiger partial charge in [0.1, 0.15) is 5.75 Å². The SMILES string of the molecule is CCOC(=O)C1=C(C)NC2=C(C(=O)C[C@@H](c3ccc(OC)c(OC)c3)C2)[C@H]1c1ccc(O)cc1. The monoisotopic (exact) mass is 463 g/mol. The number of rotatable bonds is 6. The topological polar surface area (TPSA) is 94.1 Å². The number of Topliss-reactive ketones (excluding diaryl/α,β-unsaturated/α-hetero) is 1. The highest BCUT2D eigenvalue weighted by molar-refractivity contribution is 6.04. The van der Waals surface area contributed by atoms with Crippen LogP contribution in [0.1, 0.15) is 49.7 Å². The van der Waals surface area contributed by atoms with Crippen molar-refractivity contribution < 1.29 is 28.9 Å². The third-order valence-corrected chi connectivity index (χ3v) is 6.43. The van der Waals surface area contributed by atoms with Crippen LogP contribution in [-0.4, -0.2) is 37.7 Å². The molecule has 0 saturated carbocycles. The Bertz CT molecular complexity index is 1180. The van der Waals surface area contributed by atoms with Crippen LogP contribution in [0.3, 0.4) is 0 Å². The number of esters is 1. The van der Waals surface area contributed by atoms with E-state index in [1.165, 1.54) is 0 Å². The Hall–Kier alpha value is -3.74. The van der Waals surface area contributed by atoms with Gasteiger partial charge < -0.3 is 24.6 Å². The summed E-state index contributed by atoms with van der Waals surface area (Å²) < 4.78 is 16.1. The molecule has 0 radical (unpaired) electrons. The van der Waals surface area contributed by atoms with Crippen LogP contribution in [0, 0.1) is 0 Å². The number of methoxy groups -OCH3 is 2. The maximum absolute atomic E-state index is 13.6. The number of dihydropyridines is 1. The van der Waals surface area contributed by atoms with Crippen molar-refractivity contribution in [3.63, 3.8) is 0 Å². The Morgan fingerprint density at radius 2 is 1.71 bits per heavy atom. The molecule has 0 bridgehead atoms. The number of aromatic hydroxyl groups is 1. The minimum Gasteiger partial charge on any atom is -0.508 e. The van der Waals surface area contributed by atoms with Gasteiger partial charge in [0.25, 0.3) is 0 Å². The lowest BCUT2D eigenvalue weighted by Crippen LogP contribution is -2.36. The fraction of sp³-hybridized carbons (Fsp3) is 0.333. The first-order chi connectivity index (χ1) is 16.4. The third kappa shape index (κ3) is 4.25. The zero-order valence-corrected chi connectivity index (χ0v) is 19.8. The number of ether oxygens (including phenoxy) is 3. The molecule has 0 fully saturated rings. The molecular formula is C27H29NO6. The smallest absolute Gasteiger partial charge is 0.336 e. The number of hydrogen-bond acceptors (Lipinski definition) is 7. The number of phenolic OH excluding ortho intramolecular Hbond substituents is 1. The van der Waals surface area contributed by atoms with E-state index in [1.54, 1.807) is 45.4 Å². The molecule has 178 valence electrons. The van der Waals surface area contributed by atoms with Crippen molar-refractivity contribution in [2.75, 3.05) is 20.8 Å². The van der Waals surface area contributed by atoms with E-state index in [-0.39, 0.29) is 24.1 Å². The molecule has 2 N–H and O–H groups in total. The molecule has 0 unspecified atom stereocenters. The summed E-state index contributed by atoms with van der Waals surface area (Å²) in [5.74, 6) is 0.285. The molecule has 0 aromatic heterocycles.